The fraction of sp³-hybridized carbons (Fsp3) is 0.714. The van der Waals surface area contributed by atoms with E-state index in [1.165, 1.54) is 25.7 Å². The molecule has 1 saturated carbocycles. The predicted molar refractivity (Wildman–Crippen MR) is 71.2 cm³/mol. The Labute approximate surface area is 113 Å². The van der Waals surface area contributed by atoms with Crippen LogP contribution in [0.25, 0.3) is 0 Å². The van der Waals surface area contributed by atoms with E-state index >= 15 is 0 Å². The first-order valence-corrected chi connectivity index (χ1v) is 7.24. The maximum atomic E-state index is 12.2. The summed E-state index contributed by atoms with van der Waals surface area (Å²) in [6, 6.07) is 0.213. The second-order valence-corrected chi connectivity index (χ2v) is 5.68. The van der Waals surface area contributed by atoms with Crippen LogP contribution in [0.5, 0.6) is 0 Å². The van der Waals surface area contributed by atoms with Crippen LogP contribution in [0.15, 0.2) is 4.42 Å². The van der Waals surface area contributed by atoms with E-state index in [2.05, 4.69) is 4.98 Å². The molecule has 5 nitrogen and oxygen atoms in total. The molecule has 1 aliphatic heterocycles. The third-order valence-corrected chi connectivity index (χ3v) is 4.34. The first-order chi connectivity index (χ1) is 9.22. The number of hydrogen-bond acceptors (Lipinski definition) is 4. The van der Waals surface area contributed by atoms with Crippen molar-refractivity contribution in [2.75, 3.05) is 12.3 Å². The molecule has 0 unspecified atom stereocenters. The maximum absolute atomic E-state index is 12.2. The van der Waals surface area contributed by atoms with Crippen LogP contribution in [0.4, 0.5) is 6.01 Å². The van der Waals surface area contributed by atoms with Gasteiger partial charge in [-0.25, -0.2) is 0 Å². The number of aromatic nitrogens is 1. The van der Waals surface area contributed by atoms with Crippen molar-refractivity contribution >= 4 is 11.9 Å². The first-order valence-electron chi connectivity index (χ1n) is 7.24. The van der Waals surface area contributed by atoms with Crippen molar-refractivity contribution in [1.29, 1.82) is 0 Å². The van der Waals surface area contributed by atoms with Crippen molar-refractivity contribution in [2.24, 2.45) is 5.92 Å². The predicted octanol–water partition coefficient (Wildman–Crippen LogP) is 2.11. The third kappa shape index (κ3) is 2.74. The second kappa shape index (κ2) is 5.23. The number of amides is 1. The molecule has 0 atom stereocenters. The number of nitrogens with zero attached hydrogens (tertiary/aromatic N) is 2. The Morgan fingerprint density at radius 1 is 1.42 bits per heavy atom. The van der Waals surface area contributed by atoms with Crippen LogP contribution in [-0.4, -0.2) is 22.3 Å². The lowest BCUT2D eigenvalue weighted by Crippen LogP contribution is -2.35. The molecular weight excluding hydrogens is 242 g/mol. The van der Waals surface area contributed by atoms with Gasteiger partial charge in [-0.3, -0.25) is 4.79 Å². The Morgan fingerprint density at radius 3 is 3.00 bits per heavy atom. The average molecular weight is 263 g/mol. The van der Waals surface area contributed by atoms with Crippen LogP contribution >= 0.6 is 0 Å². The number of nitrogen functional groups attached to an aromatic ring is 1. The molecular formula is C14H21N3O2. The lowest BCUT2D eigenvalue weighted by molar-refractivity contribution is -0.132. The minimum absolute atomic E-state index is 0.213. The number of rotatable bonds is 3. The third-order valence-electron chi connectivity index (χ3n) is 4.34. The molecule has 2 N–H and O–H groups in total. The highest BCUT2D eigenvalue weighted by molar-refractivity contribution is 5.76. The van der Waals surface area contributed by atoms with Gasteiger partial charge in [-0.15, -0.1) is 0 Å². The number of carbonyl (C=O) groups excluding carboxylic acids is 1. The zero-order valence-electron chi connectivity index (χ0n) is 11.2. The Hall–Kier alpha value is -1.52. The van der Waals surface area contributed by atoms with Crippen molar-refractivity contribution in [2.45, 2.75) is 51.5 Å². The molecule has 0 spiro atoms. The lowest BCUT2D eigenvalue weighted by Gasteiger charge is -2.25. The molecule has 0 radical (unpaired) electrons. The molecule has 1 aromatic rings. The Bertz CT molecular complexity index is 463. The van der Waals surface area contributed by atoms with Crippen LogP contribution in [-0.2, 0) is 17.8 Å². The summed E-state index contributed by atoms with van der Waals surface area (Å²) < 4.78 is 5.30. The summed E-state index contributed by atoms with van der Waals surface area (Å²) in [4.78, 5) is 18.2. The van der Waals surface area contributed by atoms with E-state index in [1.54, 1.807) is 0 Å². The van der Waals surface area contributed by atoms with E-state index in [4.69, 9.17) is 10.2 Å². The average Bonchev–Trinajstić information content (AvgIpc) is 3.02. The van der Waals surface area contributed by atoms with Gasteiger partial charge in [-0.2, -0.15) is 4.98 Å². The standard InChI is InChI=1S/C14H21N3O2/c15-14-16-11-9-17(8-7-12(11)19-14)13(18)6-5-10-3-1-2-4-10/h10H,1-9H2,(H2,15,16). The molecule has 3 rings (SSSR count). The van der Waals surface area contributed by atoms with Crippen molar-refractivity contribution in [3.8, 4) is 0 Å². The number of anilines is 1. The molecule has 2 aliphatic rings. The number of nitrogens with two attached hydrogens (primary N) is 1. The van der Waals surface area contributed by atoms with Gasteiger partial charge in [0.25, 0.3) is 6.01 Å². The Morgan fingerprint density at radius 2 is 2.21 bits per heavy atom. The Kier molecular flexibility index (Phi) is 3.44. The van der Waals surface area contributed by atoms with Gasteiger partial charge in [0.2, 0.25) is 5.91 Å². The minimum Gasteiger partial charge on any atom is -0.428 e. The molecule has 5 heteroatoms. The topological polar surface area (TPSA) is 72.4 Å². The van der Waals surface area contributed by atoms with Crippen LogP contribution in [0.3, 0.4) is 0 Å². The van der Waals surface area contributed by atoms with Crippen LogP contribution in [0, 0.1) is 5.92 Å². The number of hydrogen-bond donors (Lipinski definition) is 1. The highest BCUT2D eigenvalue weighted by Gasteiger charge is 2.25. The summed E-state index contributed by atoms with van der Waals surface area (Å²) in [5, 5.41) is 0. The normalized spacial score (nSPS) is 19.7. The fourth-order valence-electron chi connectivity index (χ4n) is 3.22. The molecule has 1 amide bonds. The van der Waals surface area contributed by atoms with E-state index in [-0.39, 0.29) is 11.9 Å². The van der Waals surface area contributed by atoms with Crippen LogP contribution in [0.2, 0.25) is 0 Å². The number of carbonyl (C=O) groups is 1. The molecule has 1 aliphatic carbocycles. The van der Waals surface area contributed by atoms with E-state index in [0.717, 1.165) is 36.8 Å². The number of fused-ring (bicyclic) bond motifs is 1. The van der Waals surface area contributed by atoms with Gasteiger partial charge in [0.05, 0.1) is 6.54 Å². The van der Waals surface area contributed by atoms with E-state index in [1.807, 2.05) is 4.90 Å². The molecule has 1 fully saturated rings. The maximum Gasteiger partial charge on any atom is 0.292 e. The molecule has 19 heavy (non-hydrogen) atoms. The van der Waals surface area contributed by atoms with Gasteiger partial charge in [0, 0.05) is 19.4 Å². The van der Waals surface area contributed by atoms with E-state index < -0.39 is 0 Å². The summed E-state index contributed by atoms with van der Waals surface area (Å²) in [5.41, 5.74) is 6.37. The summed E-state index contributed by atoms with van der Waals surface area (Å²) in [6.45, 7) is 1.28. The van der Waals surface area contributed by atoms with Crippen LogP contribution < -0.4 is 5.73 Å². The summed E-state index contributed by atoms with van der Waals surface area (Å²) in [7, 11) is 0. The van der Waals surface area contributed by atoms with Gasteiger partial charge >= 0.3 is 0 Å². The van der Waals surface area contributed by atoms with Gasteiger partial charge in [-0.05, 0) is 12.3 Å². The van der Waals surface area contributed by atoms with E-state index in [0.29, 0.717) is 13.0 Å². The smallest absolute Gasteiger partial charge is 0.292 e. The number of oxazole rings is 1. The molecule has 0 saturated heterocycles. The van der Waals surface area contributed by atoms with Crippen molar-refractivity contribution in [1.82, 2.24) is 9.88 Å². The Balaban J connectivity index is 1.53. The zero-order chi connectivity index (χ0) is 13.2. The second-order valence-electron chi connectivity index (χ2n) is 5.68. The molecule has 0 aromatic carbocycles. The molecule has 0 bridgehead atoms. The van der Waals surface area contributed by atoms with E-state index in [9.17, 15) is 4.79 Å². The van der Waals surface area contributed by atoms with Gasteiger partial charge in [-0.1, -0.05) is 25.7 Å². The van der Waals surface area contributed by atoms with Gasteiger partial charge < -0.3 is 15.1 Å². The largest absolute Gasteiger partial charge is 0.428 e. The monoisotopic (exact) mass is 263 g/mol. The molecule has 1 aromatic heterocycles. The molecule has 2 heterocycles. The SMILES string of the molecule is Nc1nc2c(o1)CCN(C(=O)CCC1CCCC1)C2. The summed E-state index contributed by atoms with van der Waals surface area (Å²) in [6.07, 6.45) is 7.73. The molecule has 104 valence electrons. The first kappa shape index (κ1) is 12.5. The van der Waals surface area contributed by atoms with Crippen molar-refractivity contribution in [3.63, 3.8) is 0 Å². The fourth-order valence-corrected chi connectivity index (χ4v) is 3.22. The lowest BCUT2D eigenvalue weighted by atomic mass is 10.0. The quantitative estimate of drug-likeness (QED) is 0.906. The van der Waals surface area contributed by atoms with Gasteiger partial charge in [0.1, 0.15) is 11.5 Å². The van der Waals surface area contributed by atoms with Gasteiger partial charge in [0.15, 0.2) is 0 Å². The van der Waals surface area contributed by atoms with Crippen molar-refractivity contribution < 1.29 is 9.21 Å². The highest BCUT2D eigenvalue weighted by atomic mass is 16.4. The highest BCUT2D eigenvalue weighted by Crippen LogP contribution is 2.29. The minimum atomic E-state index is 0.213. The van der Waals surface area contributed by atoms with Crippen molar-refractivity contribution in [3.05, 3.63) is 11.5 Å². The van der Waals surface area contributed by atoms with Crippen LogP contribution in [0.1, 0.15) is 50.0 Å². The summed E-state index contributed by atoms with van der Waals surface area (Å²) >= 11 is 0. The zero-order valence-corrected chi connectivity index (χ0v) is 11.2. The summed E-state index contributed by atoms with van der Waals surface area (Å²) in [5.74, 6) is 1.86.